The molecular weight excluding hydrogens is 482 g/mol. The Morgan fingerprint density at radius 2 is 1.85 bits per heavy atom. The van der Waals surface area contributed by atoms with Crippen LogP contribution in [0.4, 0.5) is 5.69 Å². The normalized spacial score (nSPS) is 13.3. The second kappa shape index (κ2) is 11.0. The van der Waals surface area contributed by atoms with Crippen molar-refractivity contribution in [3.05, 3.63) is 53.1 Å². The Hall–Kier alpha value is -2.98. The van der Waals surface area contributed by atoms with Gasteiger partial charge < -0.3 is 19.7 Å². The number of amides is 2. The van der Waals surface area contributed by atoms with Crippen molar-refractivity contribution in [3.63, 3.8) is 0 Å². The Kier molecular flexibility index (Phi) is 8.27. The van der Waals surface area contributed by atoms with E-state index in [1.165, 1.54) is 17.0 Å². The van der Waals surface area contributed by atoms with Gasteiger partial charge in [-0.3, -0.25) is 13.9 Å². The maximum Gasteiger partial charge on any atom is 0.244 e. The van der Waals surface area contributed by atoms with E-state index in [1.807, 2.05) is 6.92 Å². The van der Waals surface area contributed by atoms with Crippen molar-refractivity contribution < 1.29 is 27.5 Å². The Morgan fingerprint density at radius 1 is 1.15 bits per heavy atom. The molecule has 3 rings (SSSR count). The van der Waals surface area contributed by atoms with Crippen molar-refractivity contribution in [2.24, 2.45) is 0 Å². The molecule has 0 bridgehead atoms. The van der Waals surface area contributed by atoms with Crippen molar-refractivity contribution in [2.75, 3.05) is 30.4 Å². The highest BCUT2D eigenvalue weighted by Crippen LogP contribution is 2.36. The molecule has 1 heterocycles. The van der Waals surface area contributed by atoms with Gasteiger partial charge in [-0.25, -0.2) is 8.42 Å². The highest BCUT2D eigenvalue weighted by Gasteiger charge is 2.31. The number of benzene rings is 2. The molecule has 1 aliphatic heterocycles. The van der Waals surface area contributed by atoms with E-state index in [2.05, 4.69) is 5.32 Å². The van der Waals surface area contributed by atoms with E-state index < -0.39 is 28.5 Å². The summed E-state index contributed by atoms with van der Waals surface area (Å²) in [7, 11) is -3.84. The number of fused-ring (bicyclic) bond motifs is 1. The smallest absolute Gasteiger partial charge is 0.244 e. The molecule has 0 radical (unpaired) electrons. The summed E-state index contributed by atoms with van der Waals surface area (Å²) < 4.78 is 36.9. The second-order valence-electron chi connectivity index (χ2n) is 7.89. The minimum absolute atomic E-state index is 0.0343. The Morgan fingerprint density at radius 3 is 2.53 bits per heavy atom. The van der Waals surface area contributed by atoms with Crippen LogP contribution >= 0.6 is 11.6 Å². The fraction of sp³-hybridized carbons (Fsp3) is 0.391. The zero-order valence-corrected chi connectivity index (χ0v) is 20.9. The first-order valence-corrected chi connectivity index (χ1v) is 13.0. The molecule has 0 fully saturated rings. The molecule has 1 aliphatic rings. The number of sulfonamides is 1. The number of rotatable bonds is 10. The molecule has 2 amide bonds. The molecule has 0 aliphatic carbocycles. The van der Waals surface area contributed by atoms with Crippen molar-refractivity contribution in [1.82, 2.24) is 10.2 Å². The molecular formula is C23H28ClN3O6S. The highest BCUT2D eigenvalue weighted by atomic mass is 35.5. The van der Waals surface area contributed by atoms with E-state index in [9.17, 15) is 18.0 Å². The summed E-state index contributed by atoms with van der Waals surface area (Å²) in [6.07, 6.45) is 1.75. The van der Waals surface area contributed by atoms with E-state index in [0.29, 0.717) is 28.6 Å². The summed E-state index contributed by atoms with van der Waals surface area (Å²) in [6, 6.07) is 10.8. The lowest BCUT2D eigenvalue weighted by Gasteiger charge is -2.31. The third kappa shape index (κ3) is 6.12. The van der Waals surface area contributed by atoms with Crippen LogP contribution in [0.2, 0.25) is 5.02 Å². The Labute approximate surface area is 204 Å². The summed E-state index contributed by atoms with van der Waals surface area (Å²) in [5.41, 5.74) is 0.891. The van der Waals surface area contributed by atoms with E-state index >= 15 is 0 Å². The molecule has 2 aromatic rings. The highest BCUT2D eigenvalue weighted by molar-refractivity contribution is 7.92. The average molecular weight is 510 g/mol. The molecule has 1 N–H and O–H groups in total. The monoisotopic (exact) mass is 509 g/mol. The maximum absolute atomic E-state index is 13.5. The van der Waals surface area contributed by atoms with Crippen molar-refractivity contribution in [1.29, 1.82) is 0 Å². The minimum atomic E-state index is -3.84. The summed E-state index contributed by atoms with van der Waals surface area (Å²) in [5, 5.41) is 3.23. The largest absolute Gasteiger partial charge is 0.454 e. The zero-order valence-electron chi connectivity index (χ0n) is 19.3. The van der Waals surface area contributed by atoms with Gasteiger partial charge >= 0.3 is 0 Å². The Balaban J connectivity index is 1.91. The zero-order chi connectivity index (χ0) is 24.9. The summed E-state index contributed by atoms with van der Waals surface area (Å²) in [4.78, 5) is 27.5. The first-order valence-electron chi connectivity index (χ1n) is 10.8. The van der Waals surface area contributed by atoms with E-state index in [-0.39, 0.29) is 24.9 Å². The number of halogens is 1. The fourth-order valence-corrected chi connectivity index (χ4v) is 4.48. The number of nitrogens with one attached hydrogen (secondary N) is 1. The minimum Gasteiger partial charge on any atom is -0.454 e. The molecule has 0 spiro atoms. The molecule has 2 aromatic carbocycles. The third-order valence-electron chi connectivity index (χ3n) is 5.34. The van der Waals surface area contributed by atoms with Crippen LogP contribution < -0.4 is 19.1 Å². The van der Waals surface area contributed by atoms with Gasteiger partial charge in [0.15, 0.2) is 11.5 Å². The van der Waals surface area contributed by atoms with Crippen LogP contribution in [0.3, 0.4) is 0 Å². The first kappa shape index (κ1) is 25.6. The van der Waals surface area contributed by atoms with Crippen LogP contribution in [0.25, 0.3) is 0 Å². The summed E-state index contributed by atoms with van der Waals surface area (Å²) in [5.74, 6) is -0.0117. The lowest BCUT2D eigenvalue weighted by molar-refractivity contribution is -0.139. The molecule has 184 valence electrons. The van der Waals surface area contributed by atoms with E-state index in [4.69, 9.17) is 21.1 Å². The number of hydrogen-bond donors (Lipinski definition) is 1. The molecule has 1 unspecified atom stereocenters. The number of hydrogen-bond acceptors (Lipinski definition) is 6. The lowest BCUT2D eigenvalue weighted by Crippen LogP contribution is -2.51. The number of carbonyl (C=O) groups excluding carboxylic acids is 2. The number of ether oxygens (including phenoxy) is 2. The van der Waals surface area contributed by atoms with Crippen molar-refractivity contribution in [2.45, 2.75) is 32.9 Å². The van der Waals surface area contributed by atoms with Crippen LogP contribution in [0, 0.1) is 0 Å². The number of nitrogens with zero attached hydrogens (tertiary/aromatic N) is 2. The summed E-state index contributed by atoms with van der Waals surface area (Å²) >= 11 is 6.30. The van der Waals surface area contributed by atoms with Crippen LogP contribution in [0.1, 0.15) is 25.8 Å². The second-order valence-corrected chi connectivity index (χ2v) is 10.2. The van der Waals surface area contributed by atoms with Gasteiger partial charge in [-0.05, 0) is 37.1 Å². The molecule has 34 heavy (non-hydrogen) atoms. The lowest BCUT2D eigenvalue weighted by atomic mass is 10.1. The van der Waals surface area contributed by atoms with Crippen LogP contribution in [0.5, 0.6) is 11.5 Å². The molecule has 1 atom stereocenters. The van der Waals surface area contributed by atoms with E-state index in [1.54, 1.807) is 37.3 Å². The van der Waals surface area contributed by atoms with Crippen molar-refractivity contribution in [3.8, 4) is 11.5 Å². The average Bonchev–Trinajstić information content (AvgIpc) is 3.27. The van der Waals surface area contributed by atoms with Gasteiger partial charge in [0.1, 0.15) is 12.6 Å². The van der Waals surface area contributed by atoms with Gasteiger partial charge in [-0.1, -0.05) is 36.7 Å². The molecule has 0 saturated heterocycles. The topological polar surface area (TPSA) is 105 Å². The maximum atomic E-state index is 13.5. The standard InChI is InChI=1S/C23H28ClN3O6S/c1-4-11-25-23(29)16(2)26(13-17-7-5-6-8-19(17)24)22(28)14-27(34(3,30)31)18-9-10-20-21(12-18)33-15-32-20/h5-10,12,16H,4,11,13-15H2,1-3H3,(H,25,29). The number of anilines is 1. The first-order chi connectivity index (χ1) is 16.1. The van der Waals surface area contributed by atoms with Crippen molar-refractivity contribution >= 4 is 39.1 Å². The van der Waals surface area contributed by atoms with Crippen LogP contribution in [0.15, 0.2) is 42.5 Å². The fourth-order valence-electron chi connectivity index (χ4n) is 3.44. The van der Waals surface area contributed by atoms with Gasteiger partial charge in [0.05, 0.1) is 11.9 Å². The van der Waals surface area contributed by atoms with Crippen LogP contribution in [-0.4, -0.2) is 57.3 Å². The van der Waals surface area contributed by atoms with Gasteiger partial charge in [0.25, 0.3) is 0 Å². The SMILES string of the molecule is CCCNC(=O)C(C)N(Cc1ccccc1Cl)C(=O)CN(c1ccc2c(c1)OCO2)S(C)(=O)=O. The van der Waals surface area contributed by atoms with Crippen LogP contribution in [-0.2, 0) is 26.2 Å². The van der Waals surface area contributed by atoms with E-state index in [0.717, 1.165) is 17.0 Å². The quantitative estimate of drug-likeness (QED) is 0.528. The number of carbonyl (C=O) groups is 2. The molecule has 0 aromatic heterocycles. The predicted octanol–water partition coefficient (Wildman–Crippen LogP) is 2.78. The van der Waals surface area contributed by atoms with Gasteiger partial charge in [0, 0.05) is 24.2 Å². The summed E-state index contributed by atoms with van der Waals surface area (Å²) in [6.45, 7) is 3.56. The predicted molar refractivity (Wildman–Crippen MR) is 130 cm³/mol. The van der Waals surface area contributed by atoms with Gasteiger partial charge in [0.2, 0.25) is 28.6 Å². The molecule has 0 saturated carbocycles. The molecule has 9 nitrogen and oxygen atoms in total. The third-order valence-corrected chi connectivity index (χ3v) is 6.85. The van der Waals surface area contributed by atoms with Gasteiger partial charge in [-0.2, -0.15) is 0 Å². The molecule has 11 heteroatoms. The van der Waals surface area contributed by atoms with Gasteiger partial charge in [-0.15, -0.1) is 0 Å². The Bertz CT molecular complexity index is 1160.